The summed E-state index contributed by atoms with van der Waals surface area (Å²) in [5, 5.41) is 9.85. The number of carbonyl (C=O) groups excluding carboxylic acids is 3. The fraction of sp³-hybridized carbons (Fsp3) is 0.632. The number of ether oxygens (including phenoxy) is 3. The van der Waals surface area contributed by atoms with E-state index in [-0.39, 0.29) is 25.9 Å². The third-order valence-electron chi connectivity index (χ3n) is 12.5. The lowest BCUT2D eigenvalue weighted by Crippen LogP contribution is -2.30. The van der Waals surface area contributed by atoms with E-state index in [2.05, 4.69) is 148 Å². The van der Waals surface area contributed by atoms with Crippen LogP contribution in [-0.4, -0.2) is 66.5 Å². The number of allylic oxidation sites excluding steroid dienone is 22. The van der Waals surface area contributed by atoms with Crippen LogP contribution in [0.25, 0.3) is 0 Å². The van der Waals surface area contributed by atoms with Gasteiger partial charge in [0, 0.05) is 19.3 Å². The van der Waals surface area contributed by atoms with E-state index >= 15 is 0 Å². The second-order valence-electron chi connectivity index (χ2n) is 20.1. The molecule has 3 unspecified atom stereocenters. The molecule has 0 aliphatic rings. The van der Waals surface area contributed by atoms with E-state index in [4.69, 9.17) is 23.3 Å². The standard InChI is InChI=1S/C68H111O11P/c1-4-7-10-13-16-19-22-25-28-31-32-35-38-41-44-47-50-53-56-59-68(72)79-65(61-75-66(70)57-54-51-48-45-42-39-36-33-29-26-23-20-17-14-11-8-5-2)63-77-80(73,74)76-62-64(60-69)78-67(71)58-55-52-49-46-43-40-37-34-30-27-24-21-18-15-12-9-6-3/h7-8,10-11,16-17,19-20,25-30,32,35-36,39,41,44-45,48,64-65,69H,4-6,9,12-15,18,21-24,31,33-34,37-38,40,42-43,46-47,49-63H2,1-3H3,(H,73,74)/b10-7-,11-8-,19-16-,20-17-,28-25-,29-26-,30-27-,35-32-,39-36-,44-41-,48-45-. The average molecular weight is 1140 g/mol. The van der Waals surface area contributed by atoms with E-state index in [1.165, 1.54) is 57.8 Å². The molecule has 0 heterocycles. The normalized spacial score (nSPS) is 14.2. The van der Waals surface area contributed by atoms with Gasteiger partial charge in [0.1, 0.15) is 12.7 Å². The van der Waals surface area contributed by atoms with Gasteiger partial charge in [0.15, 0.2) is 6.10 Å². The van der Waals surface area contributed by atoms with Gasteiger partial charge >= 0.3 is 25.7 Å². The molecule has 0 radical (unpaired) electrons. The fourth-order valence-electron chi connectivity index (χ4n) is 7.88. The van der Waals surface area contributed by atoms with Crippen LogP contribution in [0.5, 0.6) is 0 Å². The summed E-state index contributed by atoms with van der Waals surface area (Å²) >= 11 is 0. The van der Waals surface area contributed by atoms with Gasteiger partial charge in [-0.1, -0.05) is 225 Å². The molecule has 11 nitrogen and oxygen atoms in total. The zero-order valence-corrected chi connectivity index (χ0v) is 51.1. The highest BCUT2D eigenvalue weighted by Gasteiger charge is 2.28. The number of unbranched alkanes of at least 4 members (excludes halogenated alkanes) is 17. The molecule has 3 atom stereocenters. The Hall–Kier alpha value is -4.38. The summed E-state index contributed by atoms with van der Waals surface area (Å²) in [4.78, 5) is 48.7. The highest BCUT2D eigenvalue weighted by molar-refractivity contribution is 7.47. The summed E-state index contributed by atoms with van der Waals surface area (Å²) in [5.41, 5.74) is 0. The van der Waals surface area contributed by atoms with Crippen LogP contribution >= 0.6 is 7.82 Å². The summed E-state index contributed by atoms with van der Waals surface area (Å²) in [7, 11) is -4.78. The van der Waals surface area contributed by atoms with E-state index in [0.717, 1.165) is 116 Å². The van der Waals surface area contributed by atoms with Crippen molar-refractivity contribution in [3.8, 4) is 0 Å². The molecule has 0 aromatic carbocycles. The van der Waals surface area contributed by atoms with E-state index in [0.29, 0.717) is 25.7 Å². The average Bonchev–Trinajstić information content (AvgIpc) is 3.45. The highest BCUT2D eigenvalue weighted by Crippen LogP contribution is 2.43. The monoisotopic (exact) mass is 1130 g/mol. The van der Waals surface area contributed by atoms with Gasteiger partial charge in [0.05, 0.1) is 19.8 Å². The first kappa shape index (κ1) is 75.6. The number of aliphatic hydroxyl groups excluding tert-OH is 1. The van der Waals surface area contributed by atoms with E-state index in [1.54, 1.807) is 0 Å². The Bertz CT molecular complexity index is 1850. The number of aliphatic hydroxyl groups is 1. The van der Waals surface area contributed by atoms with Gasteiger partial charge in [-0.3, -0.25) is 23.4 Å². The van der Waals surface area contributed by atoms with E-state index in [9.17, 15) is 28.9 Å². The number of hydrogen-bond acceptors (Lipinski definition) is 10. The molecule has 0 aromatic rings. The Morgan fingerprint density at radius 1 is 0.362 bits per heavy atom. The van der Waals surface area contributed by atoms with Crippen molar-refractivity contribution >= 4 is 25.7 Å². The van der Waals surface area contributed by atoms with Crippen LogP contribution in [0.1, 0.15) is 239 Å². The molecule has 0 rings (SSSR count). The molecule has 0 amide bonds. The molecule has 0 aromatic heterocycles. The lowest BCUT2D eigenvalue weighted by atomic mass is 10.1. The maximum atomic E-state index is 12.9. The van der Waals surface area contributed by atoms with Gasteiger partial charge in [-0.25, -0.2) is 4.57 Å². The minimum Gasteiger partial charge on any atom is -0.462 e. The summed E-state index contributed by atoms with van der Waals surface area (Å²) < 4.78 is 39.5. The smallest absolute Gasteiger partial charge is 0.462 e. The lowest BCUT2D eigenvalue weighted by Gasteiger charge is -2.21. The van der Waals surface area contributed by atoms with Crippen molar-refractivity contribution in [1.29, 1.82) is 0 Å². The first-order valence-corrected chi connectivity index (χ1v) is 32.6. The molecule has 0 spiro atoms. The van der Waals surface area contributed by atoms with Crippen molar-refractivity contribution in [3.63, 3.8) is 0 Å². The third kappa shape index (κ3) is 58.3. The molecule has 0 bridgehead atoms. The number of carbonyl (C=O) groups is 3. The molecule has 0 fully saturated rings. The zero-order chi connectivity index (χ0) is 58.3. The van der Waals surface area contributed by atoms with Gasteiger partial charge in [0.2, 0.25) is 0 Å². The molecule has 0 aliphatic heterocycles. The van der Waals surface area contributed by atoms with Gasteiger partial charge < -0.3 is 24.2 Å². The molecule has 0 saturated carbocycles. The maximum Gasteiger partial charge on any atom is 0.472 e. The fourth-order valence-corrected chi connectivity index (χ4v) is 8.67. The second kappa shape index (κ2) is 60.7. The number of phosphoric acid groups is 1. The predicted octanol–water partition coefficient (Wildman–Crippen LogP) is 18.9. The van der Waals surface area contributed by atoms with Crippen molar-refractivity contribution in [2.45, 2.75) is 251 Å². The number of rotatable bonds is 56. The Morgan fingerprint density at radius 3 is 1.06 bits per heavy atom. The molecule has 0 aliphatic carbocycles. The molecule has 80 heavy (non-hydrogen) atoms. The van der Waals surface area contributed by atoms with Crippen LogP contribution in [0.3, 0.4) is 0 Å². The predicted molar refractivity (Wildman–Crippen MR) is 334 cm³/mol. The first-order chi connectivity index (χ1) is 39.2. The highest BCUT2D eigenvalue weighted by atomic mass is 31.2. The first-order valence-electron chi connectivity index (χ1n) is 31.1. The Kier molecular flexibility index (Phi) is 57.4. The van der Waals surface area contributed by atoms with Crippen LogP contribution in [0.4, 0.5) is 0 Å². The van der Waals surface area contributed by atoms with Crippen LogP contribution in [-0.2, 0) is 42.2 Å². The van der Waals surface area contributed by atoms with Crippen molar-refractivity contribution in [3.05, 3.63) is 134 Å². The molecule has 454 valence electrons. The summed E-state index contributed by atoms with van der Waals surface area (Å²) in [6.45, 7) is 4.31. The van der Waals surface area contributed by atoms with Gasteiger partial charge in [-0.15, -0.1) is 0 Å². The Morgan fingerprint density at radius 2 is 0.662 bits per heavy atom. The SMILES string of the molecule is CC/C=C\C/C=C\C/C=C\C/C=C\C/C=C\CCCCCC(=O)OC(COC(=O)CCC/C=C\C/C=C\C/C=C\C/C=C\C/C=C\CC)COP(=O)(O)OCC(CO)OC(=O)CCCCCCCCC/C=C\CCCCCCCC. The van der Waals surface area contributed by atoms with Crippen LogP contribution < -0.4 is 0 Å². The molecular formula is C68H111O11P. The van der Waals surface area contributed by atoms with Gasteiger partial charge in [-0.2, -0.15) is 0 Å². The number of hydrogen-bond donors (Lipinski definition) is 2. The summed E-state index contributed by atoms with van der Waals surface area (Å²) in [6, 6.07) is 0. The largest absolute Gasteiger partial charge is 0.472 e. The molecular weight excluding hydrogens is 1020 g/mol. The minimum absolute atomic E-state index is 0.109. The molecule has 2 N–H and O–H groups in total. The molecule has 12 heteroatoms. The van der Waals surface area contributed by atoms with E-state index < -0.39 is 57.8 Å². The van der Waals surface area contributed by atoms with Gasteiger partial charge in [0.25, 0.3) is 0 Å². The lowest BCUT2D eigenvalue weighted by molar-refractivity contribution is -0.161. The van der Waals surface area contributed by atoms with Crippen molar-refractivity contribution < 1.29 is 52.2 Å². The van der Waals surface area contributed by atoms with Crippen LogP contribution in [0.2, 0.25) is 0 Å². The topological polar surface area (TPSA) is 155 Å². The van der Waals surface area contributed by atoms with Crippen molar-refractivity contribution in [2.75, 3.05) is 26.4 Å². The number of phosphoric ester groups is 1. The van der Waals surface area contributed by atoms with Crippen LogP contribution in [0.15, 0.2) is 134 Å². The molecule has 0 saturated heterocycles. The quantitative estimate of drug-likeness (QED) is 0.0197. The van der Waals surface area contributed by atoms with Crippen LogP contribution in [0, 0.1) is 0 Å². The van der Waals surface area contributed by atoms with E-state index in [1.807, 2.05) is 6.08 Å². The Balaban J connectivity index is 4.86. The summed E-state index contributed by atoms with van der Waals surface area (Å²) in [5.74, 6) is -1.59. The van der Waals surface area contributed by atoms with Crippen molar-refractivity contribution in [2.24, 2.45) is 0 Å². The second-order valence-corrected chi connectivity index (χ2v) is 21.6. The number of esters is 3. The summed E-state index contributed by atoms with van der Waals surface area (Å²) in [6.07, 6.45) is 77.0. The van der Waals surface area contributed by atoms with Crippen molar-refractivity contribution in [1.82, 2.24) is 0 Å². The third-order valence-corrected chi connectivity index (χ3v) is 13.5. The zero-order valence-electron chi connectivity index (χ0n) is 50.2. The van der Waals surface area contributed by atoms with Gasteiger partial charge in [-0.05, 0) is 128 Å². The Labute approximate surface area is 487 Å². The minimum atomic E-state index is -4.78. The maximum absolute atomic E-state index is 12.9.